The smallest absolute Gasteiger partial charge is 0.338 e. The standard InChI is InChI=1S/C29H33F7N4O4S/c1-26(2,19-13-20(28(31,32)33)15-21(14-19)29(34,35)36)24(41)38(3)27(17-37-16-23(27)18-5-7-22(30)8-6-18)25(42)39-9-11-40(12-10-39)45(4,43)44/h5-8,13-15,23,37H,9-12,16-17H2,1-4H3/t23-,27+/m0/s1. The second-order valence-electron chi connectivity index (χ2n) is 11.9. The Labute approximate surface area is 256 Å². The van der Waals surface area contributed by atoms with Gasteiger partial charge in [-0.3, -0.25) is 9.59 Å². The molecule has 2 aliphatic heterocycles. The number of benzene rings is 2. The normalized spacial score (nSPS) is 22.0. The van der Waals surface area contributed by atoms with Crippen LogP contribution in [0.2, 0.25) is 0 Å². The number of rotatable bonds is 6. The molecule has 2 aromatic rings. The molecular weight excluding hydrogens is 633 g/mol. The molecule has 2 aromatic carbocycles. The molecule has 2 aliphatic rings. The summed E-state index contributed by atoms with van der Waals surface area (Å²) in [6.45, 7) is 2.23. The number of sulfonamides is 1. The Bertz CT molecular complexity index is 1520. The maximum Gasteiger partial charge on any atom is 0.416 e. The molecule has 2 heterocycles. The highest BCUT2D eigenvalue weighted by atomic mass is 32.2. The van der Waals surface area contributed by atoms with Gasteiger partial charge < -0.3 is 15.1 Å². The average Bonchev–Trinajstić information content (AvgIpc) is 3.41. The summed E-state index contributed by atoms with van der Waals surface area (Å²) >= 11 is 0. The molecule has 2 saturated heterocycles. The summed E-state index contributed by atoms with van der Waals surface area (Å²) in [5, 5.41) is 3.08. The second kappa shape index (κ2) is 11.8. The second-order valence-corrected chi connectivity index (χ2v) is 13.9. The third-order valence-electron chi connectivity index (χ3n) is 8.70. The van der Waals surface area contributed by atoms with Crippen molar-refractivity contribution in [2.45, 2.75) is 43.1 Å². The zero-order valence-corrected chi connectivity index (χ0v) is 25.7. The first kappa shape index (κ1) is 34.6. The van der Waals surface area contributed by atoms with E-state index in [0.29, 0.717) is 17.7 Å². The van der Waals surface area contributed by atoms with Crippen LogP contribution < -0.4 is 5.32 Å². The van der Waals surface area contributed by atoms with E-state index in [0.717, 1.165) is 11.2 Å². The summed E-state index contributed by atoms with van der Waals surface area (Å²) in [6, 6.07) is 6.15. The predicted molar refractivity (Wildman–Crippen MR) is 150 cm³/mol. The highest BCUT2D eigenvalue weighted by molar-refractivity contribution is 7.88. The molecular formula is C29H33F7N4O4S. The molecule has 0 aromatic heterocycles. The quantitative estimate of drug-likeness (QED) is 0.474. The summed E-state index contributed by atoms with van der Waals surface area (Å²) in [4.78, 5) is 31.2. The van der Waals surface area contributed by atoms with Crippen LogP contribution in [0.1, 0.15) is 42.0 Å². The van der Waals surface area contributed by atoms with E-state index in [1.807, 2.05) is 0 Å². The fraction of sp³-hybridized carbons (Fsp3) is 0.517. The molecule has 2 fully saturated rings. The number of halogens is 7. The van der Waals surface area contributed by atoms with Gasteiger partial charge in [-0.25, -0.2) is 12.8 Å². The Hall–Kier alpha value is -3.24. The summed E-state index contributed by atoms with van der Waals surface area (Å²) in [5.41, 5.74) is -7.02. The van der Waals surface area contributed by atoms with Crippen LogP contribution in [0.15, 0.2) is 42.5 Å². The first-order chi connectivity index (χ1) is 20.6. The van der Waals surface area contributed by atoms with Crippen molar-refractivity contribution in [1.82, 2.24) is 19.4 Å². The third kappa shape index (κ3) is 6.68. The van der Waals surface area contributed by atoms with Gasteiger partial charge in [-0.15, -0.1) is 0 Å². The Balaban J connectivity index is 1.81. The topological polar surface area (TPSA) is 90.0 Å². The van der Waals surface area contributed by atoms with E-state index in [4.69, 9.17) is 0 Å². The first-order valence-electron chi connectivity index (χ1n) is 13.9. The van der Waals surface area contributed by atoms with E-state index in [2.05, 4.69) is 5.32 Å². The average molecular weight is 667 g/mol. The SMILES string of the molecule is CN(C(=O)C(C)(C)c1cc(C(F)(F)F)cc(C(F)(F)F)c1)[C@]1(C(=O)N2CCN(S(C)(=O)=O)CC2)CNC[C@H]1c1ccc(F)cc1. The van der Waals surface area contributed by atoms with Gasteiger partial charge in [-0.05, 0) is 55.3 Å². The molecule has 0 bridgehead atoms. The van der Waals surface area contributed by atoms with E-state index in [1.165, 1.54) is 54.4 Å². The number of alkyl halides is 6. The lowest BCUT2D eigenvalue weighted by Gasteiger charge is -2.47. The summed E-state index contributed by atoms with van der Waals surface area (Å²) in [5.74, 6) is -2.90. The highest BCUT2D eigenvalue weighted by Crippen LogP contribution is 2.43. The molecule has 2 amide bonds. The number of amides is 2. The summed E-state index contributed by atoms with van der Waals surface area (Å²) < 4.78 is 121. The highest BCUT2D eigenvalue weighted by Gasteiger charge is 2.57. The van der Waals surface area contributed by atoms with E-state index in [1.54, 1.807) is 0 Å². The number of nitrogens with one attached hydrogen (secondary N) is 1. The van der Waals surface area contributed by atoms with E-state index < -0.39 is 73.6 Å². The van der Waals surface area contributed by atoms with Gasteiger partial charge in [0.15, 0.2) is 0 Å². The molecule has 16 heteroatoms. The molecule has 8 nitrogen and oxygen atoms in total. The minimum absolute atomic E-state index is 0.0249. The lowest BCUT2D eigenvalue weighted by Crippen LogP contribution is -2.67. The largest absolute Gasteiger partial charge is 0.416 e. The molecule has 0 radical (unpaired) electrons. The number of carbonyl (C=O) groups is 2. The molecule has 0 aliphatic carbocycles. The Morgan fingerprint density at radius 3 is 1.84 bits per heavy atom. The molecule has 45 heavy (non-hydrogen) atoms. The minimum Gasteiger partial charge on any atom is -0.338 e. The first-order valence-corrected chi connectivity index (χ1v) is 15.7. The van der Waals surface area contributed by atoms with E-state index >= 15 is 0 Å². The van der Waals surface area contributed by atoms with Gasteiger partial charge in [0.2, 0.25) is 15.9 Å². The fourth-order valence-electron chi connectivity index (χ4n) is 6.04. The van der Waals surface area contributed by atoms with E-state index in [9.17, 15) is 48.7 Å². The van der Waals surface area contributed by atoms with Crippen molar-refractivity contribution in [3.8, 4) is 0 Å². The Morgan fingerprint density at radius 2 is 1.38 bits per heavy atom. The number of piperazine rings is 1. The van der Waals surface area contributed by atoms with Crippen molar-refractivity contribution >= 4 is 21.8 Å². The lowest BCUT2D eigenvalue weighted by atomic mass is 9.76. The van der Waals surface area contributed by atoms with Crippen molar-refractivity contribution in [3.05, 3.63) is 70.5 Å². The molecule has 0 saturated carbocycles. The number of nitrogens with zero attached hydrogens (tertiary/aromatic N) is 3. The lowest BCUT2D eigenvalue weighted by molar-refractivity contribution is -0.156. The van der Waals surface area contributed by atoms with Crippen molar-refractivity contribution in [1.29, 1.82) is 0 Å². The van der Waals surface area contributed by atoms with Crippen LogP contribution in [-0.2, 0) is 37.4 Å². The summed E-state index contributed by atoms with van der Waals surface area (Å²) in [7, 11) is -2.29. The van der Waals surface area contributed by atoms with Gasteiger partial charge in [-0.2, -0.15) is 30.6 Å². The van der Waals surface area contributed by atoms with Gasteiger partial charge >= 0.3 is 12.4 Å². The van der Waals surface area contributed by atoms with Crippen LogP contribution in [0.4, 0.5) is 30.7 Å². The van der Waals surface area contributed by atoms with E-state index in [-0.39, 0.29) is 45.3 Å². The number of carbonyl (C=O) groups excluding carboxylic acids is 2. The maximum atomic E-state index is 14.5. The van der Waals surface area contributed by atoms with Gasteiger partial charge in [0, 0.05) is 52.2 Å². The zero-order valence-electron chi connectivity index (χ0n) is 24.9. The van der Waals surface area contributed by atoms with Crippen LogP contribution in [0, 0.1) is 5.82 Å². The molecule has 2 atom stereocenters. The van der Waals surface area contributed by atoms with Crippen LogP contribution >= 0.6 is 0 Å². The molecule has 248 valence electrons. The van der Waals surface area contributed by atoms with Crippen molar-refractivity contribution in [2.75, 3.05) is 52.6 Å². The monoisotopic (exact) mass is 666 g/mol. The number of hydrogen-bond acceptors (Lipinski definition) is 5. The van der Waals surface area contributed by atoms with Gasteiger partial charge in [0.1, 0.15) is 11.4 Å². The van der Waals surface area contributed by atoms with Crippen LogP contribution in [0.3, 0.4) is 0 Å². The van der Waals surface area contributed by atoms with Gasteiger partial charge in [0.25, 0.3) is 5.91 Å². The predicted octanol–water partition coefficient (Wildman–Crippen LogP) is 3.83. The zero-order chi connectivity index (χ0) is 33.8. The molecule has 1 N–H and O–H groups in total. The fourth-order valence-corrected chi connectivity index (χ4v) is 6.87. The molecule has 0 spiro atoms. The van der Waals surface area contributed by atoms with Crippen molar-refractivity contribution < 1.29 is 48.7 Å². The number of hydrogen-bond donors (Lipinski definition) is 1. The van der Waals surface area contributed by atoms with Crippen LogP contribution in [-0.4, -0.2) is 92.4 Å². The molecule has 0 unspecified atom stereocenters. The summed E-state index contributed by atoms with van der Waals surface area (Å²) in [6.07, 6.45) is -9.26. The van der Waals surface area contributed by atoms with Gasteiger partial charge in [-0.1, -0.05) is 12.1 Å². The molecule has 4 rings (SSSR count). The number of likely N-dealkylation sites (N-methyl/N-ethyl adjacent to an activating group) is 1. The van der Waals surface area contributed by atoms with Crippen LogP contribution in [0.25, 0.3) is 0 Å². The van der Waals surface area contributed by atoms with Crippen molar-refractivity contribution in [3.63, 3.8) is 0 Å². The maximum absolute atomic E-state index is 14.5. The van der Waals surface area contributed by atoms with Crippen LogP contribution in [0.5, 0.6) is 0 Å². The van der Waals surface area contributed by atoms with Gasteiger partial charge in [0.05, 0.1) is 22.8 Å². The van der Waals surface area contributed by atoms with Crippen molar-refractivity contribution in [2.24, 2.45) is 0 Å². The minimum atomic E-state index is -5.14. The third-order valence-corrected chi connectivity index (χ3v) is 10.0. The Morgan fingerprint density at radius 1 is 0.889 bits per heavy atom. The Kier molecular flexibility index (Phi) is 9.11.